The number of fused-ring (bicyclic) bond motifs is 10. The van der Waals surface area contributed by atoms with Gasteiger partial charge < -0.3 is 13.7 Å². The maximum absolute atomic E-state index is 3.38. The molecule has 0 N–H and O–H groups in total. The van der Waals surface area contributed by atoms with Crippen LogP contribution in [0.1, 0.15) is 6.04 Å². The maximum Gasteiger partial charge on any atom is 0.179 e. The molecule has 0 saturated carbocycles. The lowest BCUT2D eigenvalue weighted by Crippen LogP contribution is -2.74. The fourth-order valence-electron chi connectivity index (χ4n) is 11.9. The van der Waals surface area contributed by atoms with Gasteiger partial charge in [0.25, 0.3) is 0 Å². The first kappa shape index (κ1) is 40.2. The Morgan fingerprint density at radius 1 is 0.357 bits per heavy atom. The molecule has 3 aromatic heterocycles. The number of rotatable bonds is 8. The molecule has 14 rings (SSSR count). The van der Waals surface area contributed by atoms with Crippen LogP contribution >= 0.6 is 0 Å². The summed E-state index contributed by atoms with van der Waals surface area (Å²) in [5, 5.41) is 12.8. The fourth-order valence-corrected chi connectivity index (χ4v) is 16.7. The van der Waals surface area contributed by atoms with E-state index in [-0.39, 0.29) is 6.04 Å². The summed E-state index contributed by atoms with van der Waals surface area (Å²) in [6.07, 6.45) is 8.54. The van der Waals surface area contributed by atoms with E-state index in [4.69, 9.17) is 0 Å². The standard InChI is InChI=1S/C66H45N3Si/c1-5-22-48(23-6-1)67-60-36-16-14-34-56(60)59-44-47(39-41-63(59)67)46-21-19-31-53(43-46)70(51-27-9-3-10-28-51,52-29-11-4-12-30-52)54-32-20-26-50(45-54)69-61-37-17-13-33-55(61)57-40-42-64-65(66(57)69)58-35-15-18-38-62(58)68(64)49-24-7-2-8-25-49/h1-7,9-45,49H. The quantitative estimate of drug-likeness (QED) is 0.0820. The second-order valence-electron chi connectivity index (χ2n) is 18.5. The third-order valence-corrected chi connectivity index (χ3v) is 19.6. The van der Waals surface area contributed by atoms with E-state index < -0.39 is 8.07 Å². The molecule has 4 heteroatoms. The van der Waals surface area contributed by atoms with Gasteiger partial charge in [-0.2, -0.15) is 0 Å². The fraction of sp³-hybridized carbons (Fsp3) is 0.0152. The SMILES string of the molecule is C1=CC=CC(n2c3ccccc3c3c4c(ccc32)c2ccccc2n4-c2cccc([Si](c3ccccc3)(c3ccccc3)c3cccc(-c4ccc5c(c4)c4ccccc4n5-c4ccccc4)c3)c2)C=1. The van der Waals surface area contributed by atoms with E-state index in [1.54, 1.807) is 0 Å². The first-order valence-corrected chi connectivity index (χ1v) is 26.2. The van der Waals surface area contributed by atoms with E-state index in [0.29, 0.717) is 0 Å². The number of nitrogens with zero attached hydrogens (tertiary/aromatic N) is 3. The first-order valence-electron chi connectivity index (χ1n) is 24.2. The molecule has 1 atom stereocenters. The van der Waals surface area contributed by atoms with Gasteiger partial charge in [-0.25, -0.2) is 0 Å². The van der Waals surface area contributed by atoms with Gasteiger partial charge in [-0.1, -0.05) is 194 Å². The molecular weight excluding hydrogens is 863 g/mol. The smallest absolute Gasteiger partial charge is 0.179 e. The van der Waals surface area contributed by atoms with Crippen molar-refractivity contribution in [1.82, 2.24) is 13.7 Å². The predicted octanol–water partition coefficient (Wildman–Crippen LogP) is 13.9. The van der Waals surface area contributed by atoms with Crippen LogP contribution in [-0.2, 0) is 0 Å². The number of benzene rings is 10. The van der Waals surface area contributed by atoms with Crippen molar-refractivity contribution in [3.63, 3.8) is 0 Å². The summed E-state index contributed by atoms with van der Waals surface area (Å²) in [6, 6.07) is 90.8. The second kappa shape index (κ2) is 16.1. The lowest BCUT2D eigenvalue weighted by molar-refractivity contribution is 0.780. The molecule has 70 heavy (non-hydrogen) atoms. The molecule has 3 heterocycles. The van der Waals surface area contributed by atoms with Crippen LogP contribution in [0.4, 0.5) is 0 Å². The Bertz CT molecular complexity index is 4240. The Balaban J connectivity index is 1.02. The van der Waals surface area contributed by atoms with E-state index in [1.807, 2.05) is 6.08 Å². The van der Waals surface area contributed by atoms with Gasteiger partial charge >= 0.3 is 0 Å². The highest BCUT2D eigenvalue weighted by Gasteiger charge is 2.42. The predicted molar refractivity (Wildman–Crippen MR) is 298 cm³/mol. The Labute approximate surface area is 407 Å². The number of para-hydroxylation sites is 4. The van der Waals surface area contributed by atoms with Gasteiger partial charge in [0, 0.05) is 43.7 Å². The Morgan fingerprint density at radius 2 is 0.900 bits per heavy atom. The van der Waals surface area contributed by atoms with E-state index >= 15 is 0 Å². The number of allylic oxidation sites excluding steroid dienone is 3. The molecule has 10 aromatic carbocycles. The average molecular weight is 908 g/mol. The van der Waals surface area contributed by atoms with Gasteiger partial charge in [-0.15, -0.1) is 5.73 Å². The molecule has 1 aliphatic rings. The van der Waals surface area contributed by atoms with Crippen molar-refractivity contribution in [2.24, 2.45) is 0 Å². The highest BCUT2D eigenvalue weighted by atomic mass is 28.3. The van der Waals surface area contributed by atoms with E-state index in [1.165, 1.54) is 97.3 Å². The highest BCUT2D eigenvalue weighted by molar-refractivity contribution is 7.20. The molecular formula is C66H45N3Si. The summed E-state index contributed by atoms with van der Waals surface area (Å²) in [5.74, 6) is 0. The molecule has 0 saturated heterocycles. The van der Waals surface area contributed by atoms with Crippen LogP contribution in [0.5, 0.6) is 0 Å². The molecule has 1 aliphatic carbocycles. The summed E-state index contributed by atoms with van der Waals surface area (Å²) < 4.78 is 7.42. The zero-order valence-electron chi connectivity index (χ0n) is 38.3. The van der Waals surface area contributed by atoms with Crippen molar-refractivity contribution in [3.05, 3.63) is 273 Å². The van der Waals surface area contributed by atoms with Gasteiger partial charge in [0.2, 0.25) is 0 Å². The summed E-state index contributed by atoms with van der Waals surface area (Å²) >= 11 is 0. The zero-order chi connectivity index (χ0) is 46.2. The zero-order valence-corrected chi connectivity index (χ0v) is 39.3. The van der Waals surface area contributed by atoms with Gasteiger partial charge in [-0.05, 0) is 105 Å². The Hall–Kier alpha value is -8.92. The summed E-state index contributed by atoms with van der Waals surface area (Å²) in [6.45, 7) is 0. The van der Waals surface area contributed by atoms with Crippen LogP contribution in [0.15, 0.2) is 273 Å². The minimum absolute atomic E-state index is 0.0572. The normalized spacial score (nSPS) is 13.7. The van der Waals surface area contributed by atoms with Crippen molar-refractivity contribution < 1.29 is 0 Å². The molecule has 0 aliphatic heterocycles. The van der Waals surface area contributed by atoms with Crippen LogP contribution in [0.25, 0.3) is 87.9 Å². The number of aromatic nitrogens is 3. The maximum atomic E-state index is 3.38. The van der Waals surface area contributed by atoms with E-state index in [9.17, 15) is 0 Å². The van der Waals surface area contributed by atoms with Crippen LogP contribution in [0.3, 0.4) is 0 Å². The van der Waals surface area contributed by atoms with Crippen LogP contribution in [0, 0.1) is 0 Å². The van der Waals surface area contributed by atoms with Crippen LogP contribution < -0.4 is 20.7 Å². The molecule has 0 amide bonds. The van der Waals surface area contributed by atoms with Crippen molar-refractivity contribution in [2.75, 3.05) is 0 Å². The average Bonchev–Trinajstić information content (AvgIpc) is 4.08. The van der Waals surface area contributed by atoms with Gasteiger partial charge in [0.15, 0.2) is 8.07 Å². The molecule has 0 spiro atoms. The van der Waals surface area contributed by atoms with E-state index in [0.717, 1.165) is 11.4 Å². The minimum Gasteiger partial charge on any atom is -0.329 e. The Morgan fingerprint density at radius 3 is 1.61 bits per heavy atom. The molecule has 1 unspecified atom stereocenters. The van der Waals surface area contributed by atoms with Crippen molar-refractivity contribution in [1.29, 1.82) is 0 Å². The largest absolute Gasteiger partial charge is 0.329 e. The third kappa shape index (κ3) is 6.01. The van der Waals surface area contributed by atoms with Gasteiger partial charge in [0.1, 0.15) is 0 Å². The van der Waals surface area contributed by atoms with Gasteiger partial charge in [0.05, 0.1) is 39.1 Å². The van der Waals surface area contributed by atoms with Crippen molar-refractivity contribution >= 4 is 94.2 Å². The lowest BCUT2D eigenvalue weighted by atomic mass is 10.0. The molecule has 13 aromatic rings. The Kier molecular flexibility index (Phi) is 9.25. The molecule has 3 nitrogen and oxygen atoms in total. The highest BCUT2D eigenvalue weighted by Crippen LogP contribution is 2.42. The third-order valence-electron chi connectivity index (χ3n) is 14.8. The first-order chi connectivity index (χ1) is 34.8. The van der Waals surface area contributed by atoms with Crippen molar-refractivity contribution in [3.8, 4) is 22.5 Å². The monoisotopic (exact) mass is 907 g/mol. The molecule has 0 radical (unpaired) electrons. The lowest BCUT2D eigenvalue weighted by Gasteiger charge is -2.35. The minimum atomic E-state index is -3.04. The van der Waals surface area contributed by atoms with E-state index in [2.05, 4.69) is 280 Å². The second-order valence-corrected chi connectivity index (χ2v) is 22.3. The molecule has 0 fully saturated rings. The summed E-state index contributed by atoms with van der Waals surface area (Å²) in [5.41, 5.74) is 15.3. The molecule has 328 valence electrons. The molecule has 0 bridgehead atoms. The number of hydrogen-bond donors (Lipinski definition) is 0. The van der Waals surface area contributed by atoms with Crippen LogP contribution in [0.2, 0.25) is 0 Å². The summed E-state index contributed by atoms with van der Waals surface area (Å²) in [7, 11) is -3.04. The van der Waals surface area contributed by atoms with Crippen LogP contribution in [-0.4, -0.2) is 21.8 Å². The van der Waals surface area contributed by atoms with Crippen molar-refractivity contribution in [2.45, 2.75) is 6.04 Å². The summed E-state index contributed by atoms with van der Waals surface area (Å²) in [4.78, 5) is 0. The topological polar surface area (TPSA) is 14.8 Å². The number of hydrogen-bond acceptors (Lipinski definition) is 0. The van der Waals surface area contributed by atoms with Gasteiger partial charge in [-0.3, -0.25) is 0 Å².